The summed E-state index contributed by atoms with van der Waals surface area (Å²) >= 11 is 0. The first-order valence-corrected chi connectivity index (χ1v) is 14.4. The SMILES string of the molecule is C=C(Nc1ccc(C(=C)N2CCC3CCCCC3(C)C2)c(CC)c1)c1ccc(CC(C)C)cc1.CC. The van der Waals surface area contributed by atoms with E-state index in [0.29, 0.717) is 11.3 Å². The number of fused-ring (bicyclic) bond motifs is 1. The van der Waals surface area contributed by atoms with E-state index in [0.717, 1.165) is 48.8 Å². The van der Waals surface area contributed by atoms with Gasteiger partial charge >= 0.3 is 0 Å². The molecule has 36 heavy (non-hydrogen) atoms. The molecule has 1 saturated heterocycles. The van der Waals surface area contributed by atoms with Gasteiger partial charge in [-0.1, -0.05) is 97.9 Å². The molecule has 1 N–H and O–H groups in total. The van der Waals surface area contributed by atoms with Crippen LogP contribution in [0.2, 0.25) is 0 Å². The van der Waals surface area contributed by atoms with Gasteiger partial charge in [-0.2, -0.15) is 0 Å². The van der Waals surface area contributed by atoms with Gasteiger partial charge < -0.3 is 10.2 Å². The molecule has 2 aromatic rings. The maximum absolute atomic E-state index is 4.58. The van der Waals surface area contributed by atoms with Crippen molar-refractivity contribution >= 4 is 17.1 Å². The van der Waals surface area contributed by atoms with Crippen LogP contribution in [-0.2, 0) is 12.8 Å². The molecule has 0 bridgehead atoms. The maximum Gasteiger partial charge on any atom is 0.0387 e. The molecule has 2 aromatic carbocycles. The number of likely N-dealkylation sites (tertiary alicyclic amines) is 1. The Morgan fingerprint density at radius 1 is 1.06 bits per heavy atom. The summed E-state index contributed by atoms with van der Waals surface area (Å²) in [6.07, 6.45) is 9.01. The smallest absolute Gasteiger partial charge is 0.0387 e. The highest BCUT2D eigenvalue weighted by atomic mass is 15.2. The van der Waals surface area contributed by atoms with Crippen LogP contribution in [0.4, 0.5) is 5.69 Å². The first-order valence-electron chi connectivity index (χ1n) is 14.4. The standard InChI is InChI=1S/C32H44N2.C2H6/c1-7-27-21-30(33-24(4)28-13-11-26(12-14-28)20-23(2)3)15-16-31(27)25(5)34-19-17-29-10-8-9-18-32(29,6)22-34;1-2/h11-16,21,23,29,33H,4-5,7-10,17-20,22H2,1-3,6H3;1-2H3. The van der Waals surface area contributed by atoms with Crippen molar-refractivity contribution in [3.8, 4) is 0 Å². The number of anilines is 1. The predicted molar refractivity (Wildman–Crippen MR) is 160 cm³/mol. The van der Waals surface area contributed by atoms with Gasteiger partial charge in [-0.3, -0.25) is 0 Å². The molecule has 2 heteroatoms. The summed E-state index contributed by atoms with van der Waals surface area (Å²) < 4.78 is 0. The molecule has 4 rings (SSSR count). The van der Waals surface area contributed by atoms with E-state index in [9.17, 15) is 0 Å². The Hall–Kier alpha value is -2.48. The third-order valence-corrected chi connectivity index (χ3v) is 8.26. The van der Waals surface area contributed by atoms with Crippen LogP contribution in [0.15, 0.2) is 55.6 Å². The summed E-state index contributed by atoms with van der Waals surface area (Å²) in [6, 6.07) is 15.5. The van der Waals surface area contributed by atoms with Gasteiger partial charge in [-0.25, -0.2) is 0 Å². The lowest BCUT2D eigenvalue weighted by molar-refractivity contribution is 0.0337. The van der Waals surface area contributed by atoms with Crippen LogP contribution < -0.4 is 5.32 Å². The Labute approximate surface area is 221 Å². The summed E-state index contributed by atoms with van der Waals surface area (Å²) in [4.78, 5) is 2.57. The predicted octanol–water partition coefficient (Wildman–Crippen LogP) is 9.43. The van der Waals surface area contributed by atoms with Gasteiger partial charge in [-0.05, 0) is 78.2 Å². The molecular weight excluding hydrogens is 436 g/mol. The molecule has 0 spiro atoms. The Morgan fingerprint density at radius 2 is 1.78 bits per heavy atom. The van der Waals surface area contributed by atoms with Crippen LogP contribution in [0.1, 0.15) is 95.9 Å². The van der Waals surface area contributed by atoms with Gasteiger partial charge in [0.05, 0.1) is 0 Å². The highest BCUT2D eigenvalue weighted by Crippen LogP contribution is 2.47. The first-order chi connectivity index (χ1) is 17.3. The fourth-order valence-electron chi connectivity index (χ4n) is 6.21. The Kier molecular flexibility index (Phi) is 9.88. The number of nitrogens with zero attached hydrogens (tertiary/aromatic N) is 1. The van der Waals surface area contributed by atoms with Crippen LogP contribution in [0.25, 0.3) is 11.4 Å². The van der Waals surface area contributed by atoms with Gasteiger partial charge in [-0.15, -0.1) is 0 Å². The number of hydrogen-bond acceptors (Lipinski definition) is 2. The normalized spacial score (nSPS) is 21.3. The molecule has 2 unspecified atom stereocenters. The molecule has 0 amide bonds. The summed E-state index contributed by atoms with van der Waals surface area (Å²) in [5.74, 6) is 1.57. The number of aryl methyl sites for hydroxylation is 1. The minimum atomic E-state index is 0.454. The molecule has 0 aromatic heterocycles. The molecular formula is C34H50N2. The number of rotatable bonds is 8. The van der Waals surface area contributed by atoms with Crippen LogP contribution >= 0.6 is 0 Å². The van der Waals surface area contributed by atoms with Crippen LogP contribution in [-0.4, -0.2) is 18.0 Å². The van der Waals surface area contributed by atoms with E-state index in [2.05, 4.69) is 93.5 Å². The van der Waals surface area contributed by atoms with Crippen molar-refractivity contribution in [2.45, 2.75) is 86.5 Å². The van der Waals surface area contributed by atoms with Crippen molar-refractivity contribution in [2.24, 2.45) is 17.3 Å². The van der Waals surface area contributed by atoms with E-state index in [-0.39, 0.29) is 0 Å². The molecule has 1 heterocycles. The highest BCUT2D eigenvalue weighted by molar-refractivity contribution is 5.77. The Morgan fingerprint density at radius 3 is 2.44 bits per heavy atom. The number of piperidine rings is 1. The molecule has 1 aliphatic carbocycles. The summed E-state index contributed by atoms with van der Waals surface area (Å²) in [5.41, 5.74) is 8.88. The first kappa shape index (κ1) is 28.1. The second kappa shape index (κ2) is 12.7. The molecule has 2 nitrogen and oxygen atoms in total. The van der Waals surface area contributed by atoms with Gasteiger partial charge in [0.1, 0.15) is 0 Å². The molecule has 0 radical (unpaired) electrons. The van der Waals surface area contributed by atoms with E-state index in [4.69, 9.17) is 0 Å². The van der Waals surface area contributed by atoms with E-state index < -0.39 is 0 Å². The molecule has 1 saturated carbocycles. The quantitative estimate of drug-likeness (QED) is 0.400. The van der Waals surface area contributed by atoms with E-state index in [1.165, 1.54) is 54.5 Å². The lowest BCUT2D eigenvalue weighted by Gasteiger charge is -2.50. The van der Waals surface area contributed by atoms with Crippen molar-refractivity contribution in [3.05, 3.63) is 77.9 Å². The van der Waals surface area contributed by atoms with Crippen molar-refractivity contribution in [3.63, 3.8) is 0 Å². The largest absolute Gasteiger partial charge is 0.371 e. The van der Waals surface area contributed by atoms with E-state index >= 15 is 0 Å². The van der Waals surface area contributed by atoms with Gasteiger partial charge in [0.25, 0.3) is 0 Å². The summed E-state index contributed by atoms with van der Waals surface area (Å²) in [7, 11) is 0. The van der Waals surface area contributed by atoms with Gasteiger partial charge in [0.15, 0.2) is 0 Å². The summed E-state index contributed by atoms with van der Waals surface area (Å²) in [6.45, 7) is 24.5. The summed E-state index contributed by atoms with van der Waals surface area (Å²) in [5, 5.41) is 3.54. The maximum atomic E-state index is 4.58. The number of nitrogens with one attached hydrogen (secondary N) is 1. The van der Waals surface area contributed by atoms with Crippen molar-refractivity contribution in [1.29, 1.82) is 0 Å². The molecule has 1 aliphatic heterocycles. The second-order valence-corrected chi connectivity index (χ2v) is 11.4. The zero-order chi connectivity index (χ0) is 26.3. The molecule has 196 valence electrons. The third-order valence-electron chi connectivity index (χ3n) is 8.26. The zero-order valence-corrected chi connectivity index (χ0v) is 23.9. The van der Waals surface area contributed by atoms with Crippen molar-refractivity contribution < 1.29 is 0 Å². The van der Waals surface area contributed by atoms with Crippen molar-refractivity contribution in [1.82, 2.24) is 4.90 Å². The van der Waals surface area contributed by atoms with E-state index in [1.807, 2.05) is 13.8 Å². The fourth-order valence-corrected chi connectivity index (χ4v) is 6.21. The average Bonchev–Trinajstić information content (AvgIpc) is 2.88. The number of hydrogen-bond donors (Lipinski definition) is 1. The average molecular weight is 487 g/mol. The topological polar surface area (TPSA) is 15.3 Å². The molecule has 2 aliphatic rings. The van der Waals surface area contributed by atoms with Crippen LogP contribution in [0.5, 0.6) is 0 Å². The third kappa shape index (κ3) is 6.64. The minimum Gasteiger partial charge on any atom is -0.371 e. The zero-order valence-electron chi connectivity index (χ0n) is 23.9. The Balaban J connectivity index is 0.00000176. The monoisotopic (exact) mass is 486 g/mol. The van der Waals surface area contributed by atoms with Crippen LogP contribution in [0, 0.1) is 17.3 Å². The van der Waals surface area contributed by atoms with Gasteiger partial charge in [0, 0.05) is 35.7 Å². The lowest BCUT2D eigenvalue weighted by atomic mass is 9.64. The lowest BCUT2D eigenvalue weighted by Crippen LogP contribution is -2.47. The Bertz CT molecular complexity index is 1020. The highest BCUT2D eigenvalue weighted by Gasteiger charge is 2.41. The number of benzene rings is 2. The van der Waals surface area contributed by atoms with Gasteiger partial charge in [0.2, 0.25) is 0 Å². The minimum absolute atomic E-state index is 0.454. The molecule has 2 atom stereocenters. The van der Waals surface area contributed by atoms with Crippen molar-refractivity contribution in [2.75, 3.05) is 18.4 Å². The molecule has 2 fully saturated rings. The van der Waals surface area contributed by atoms with E-state index in [1.54, 1.807) is 0 Å². The fraction of sp³-hybridized carbons (Fsp3) is 0.529. The van der Waals surface area contributed by atoms with Crippen LogP contribution in [0.3, 0.4) is 0 Å². The second-order valence-electron chi connectivity index (χ2n) is 11.4.